The Morgan fingerprint density at radius 2 is 1.14 bits per heavy atom. The molecule has 2 unspecified atom stereocenters. The van der Waals surface area contributed by atoms with Crippen LogP contribution in [0, 0.1) is 18.8 Å². The summed E-state index contributed by atoms with van der Waals surface area (Å²) in [6.07, 6.45) is 9.85. The highest BCUT2D eigenvalue weighted by molar-refractivity contribution is 5.76. The smallest absolute Gasteiger partial charge is 0.314 e. The summed E-state index contributed by atoms with van der Waals surface area (Å²) in [5.74, 6) is 0.332. The Morgan fingerprint density at radius 1 is 0.724 bits per heavy atom. The number of hydrogen-bond donors (Lipinski definition) is 0. The third kappa shape index (κ3) is 9.47. The third-order valence-electron chi connectivity index (χ3n) is 5.43. The summed E-state index contributed by atoms with van der Waals surface area (Å²) >= 11 is 0. The molecule has 2 atom stereocenters. The Kier molecular flexibility index (Phi) is 12.3. The number of carbonyl (C=O) groups excluding carboxylic acids is 2. The van der Waals surface area contributed by atoms with Crippen molar-refractivity contribution < 1.29 is 19.1 Å². The maximum atomic E-state index is 12.6. The standard InChI is InChI=1S/C25H40O4/c1-6-10-12-14-20(8-3)24(26)28-22-16-19(5)17-23(18-22)29-25(27)21(9-4)15-13-11-7-2/h16-18,20-21H,6-15H2,1-5H3. The summed E-state index contributed by atoms with van der Waals surface area (Å²) in [6.45, 7) is 10.3. The average Bonchev–Trinajstić information content (AvgIpc) is 2.68. The normalized spacial score (nSPS) is 13.0. The van der Waals surface area contributed by atoms with Crippen molar-refractivity contribution in [2.24, 2.45) is 11.8 Å². The molecular weight excluding hydrogens is 364 g/mol. The lowest BCUT2D eigenvalue weighted by molar-refractivity contribution is -0.139. The van der Waals surface area contributed by atoms with Gasteiger partial charge in [-0.15, -0.1) is 0 Å². The van der Waals surface area contributed by atoms with E-state index in [2.05, 4.69) is 13.8 Å². The van der Waals surface area contributed by atoms with Gasteiger partial charge in [-0.2, -0.15) is 0 Å². The number of carbonyl (C=O) groups is 2. The van der Waals surface area contributed by atoms with Crippen molar-refractivity contribution in [2.75, 3.05) is 0 Å². The maximum absolute atomic E-state index is 12.6. The molecule has 4 heteroatoms. The molecule has 0 N–H and O–H groups in total. The van der Waals surface area contributed by atoms with Crippen molar-refractivity contribution in [1.29, 1.82) is 0 Å². The maximum Gasteiger partial charge on any atom is 0.314 e. The first kappa shape index (κ1) is 25.2. The van der Waals surface area contributed by atoms with E-state index in [1.165, 1.54) is 0 Å². The van der Waals surface area contributed by atoms with E-state index in [-0.39, 0.29) is 23.8 Å². The second-order valence-corrected chi connectivity index (χ2v) is 8.03. The number of esters is 2. The fraction of sp³-hybridized carbons (Fsp3) is 0.680. The molecule has 0 saturated carbocycles. The van der Waals surface area contributed by atoms with E-state index in [0.717, 1.165) is 69.8 Å². The van der Waals surface area contributed by atoms with Gasteiger partial charge in [0.05, 0.1) is 11.8 Å². The minimum atomic E-state index is -0.197. The highest BCUT2D eigenvalue weighted by Gasteiger charge is 2.21. The van der Waals surface area contributed by atoms with Crippen molar-refractivity contribution in [3.8, 4) is 11.5 Å². The van der Waals surface area contributed by atoms with Crippen molar-refractivity contribution in [3.05, 3.63) is 23.8 Å². The molecule has 0 radical (unpaired) electrons. The van der Waals surface area contributed by atoms with Gasteiger partial charge in [0, 0.05) is 6.07 Å². The van der Waals surface area contributed by atoms with Crippen molar-refractivity contribution >= 4 is 11.9 Å². The molecule has 1 aromatic carbocycles. The van der Waals surface area contributed by atoms with Gasteiger partial charge in [-0.3, -0.25) is 9.59 Å². The zero-order valence-electron chi connectivity index (χ0n) is 19.1. The number of ether oxygens (including phenoxy) is 2. The van der Waals surface area contributed by atoms with Gasteiger partial charge in [0.1, 0.15) is 11.5 Å². The number of rotatable bonds is 14. The molecule has 0 aliphatic rings. The summed E-state index contributed by atoms with van der Waals surface area (Å²) in [5, 5.41) is 0. The van der Waals surface area contributed by atoms with E-state index < -0.39 is 0 Å². The van der Waals surface area contributed by atoms with Crippen LogP contribution in [0.3, 0.4) is 0 Å². The quantitative estimate of drug-likeness (QED) is 0.190. The van der Waals surface area contributed by atoms with Crippen LogP contribution in [-0.4, -0.2) is 11.9 Å². The first-order chi connectivity index (χ1) is 13.9. The molecule has 0 spiro atoms. The van der Waals surface area contributed by atoms with Gasteiger partial charge in [0.2, 0.25) is 0 Å². The number of hydrogen-bond acceptors (Lipinski definition) is 4. The van der Waals surface area contributed by atoms with Gasteiger partial charge in [0.25, 0.3) is 0 Å². The van der Waals surface area contributed by atoms with E-state index in [4.69, 9.17) is 9.47 Å². The van der Waals surface area contributed by atoms with Crippen LogP contribution in [-0.2, 0) is 9.59 Å². The minimum absolute atomic E-state index is 0.0869. The van der Waals surface area contributed by atoms with Gasteiger partial charge >= 0.3 is 11.9 Å². The lowest BCUT2D eigenvalue weighted by Crippen LogP contribution is -2.21. The van der Waals surface area contributed by atoms with E-state index in [0.29, 0.717) is 11.5 Å². The highest BCUT2D eigenvalue weighted by Crippen LogP contribution is 2.26. The lowest BCUT2D eigenvalue weighted by atomic mass is 9.99. The van der Waals surface area contributed by atoms with Crippen LogP contribution in [0.25, 0.3) is 0 Å². The van der Waals surface area contributed by atoms with Crippen LogP contribution < -0.4 is 9.47 Å². The number of aryl methyl sites for hydroxylation is 1. The van der Waals surface area contributed by atoms with Crippen LogP contribution in [0.4, 0.5) is 0 Å². The van der Waals surface area contributed by atoms with Crippen LogP contribution in [0.2, 0.25) is 0 Å². The highest BCUT2D eigenvalue weighted by atomic mass is 16.5. The lowest BCUT2D eigenvalue weighted by Gasteiger charge is -2.16. The molecule has 4 nitrogen and oxygen atoms in total. The SMILES string of the molecule is CCCCCC(CC)C(=O)Oc1cc(C)cc(OC(=O)C(CC)CCCCC)c1. The summed E-state index contributed by atoms with van der Waals surface area (Å²) < 4.78 is 11.3. The van der Waals surface area contributed by atoms with Crippen molar-refractivity contribution in [2.45, 2.75) is 98.8 Å². The molecular formula is C25H40O4. The average molecular weight is 405 g/mol. The summed E-state index contributed by atoms with van der Waals surface area (Å²) in [5.41, 5.74) is 0.899. The summed E-state index contributed by atoms with van der Waals surface area (Å²) in [7, 11) is 0. The molecule has 0 amide bonds. The monoisotopic (exact) mass is 404 g/mol. The molecule has 1 rings (SSSR count). The molecule has 0 fully saturated rings. The largest absolute Gasteiger partial charge is 0.426 e. The van der Waals surface area contributed by atoms with Crippen LogP contribution >= 0.6 is 0 Å². The minimum Gasteiger partial charge on any atom is -0.426 e. The number of unbranched alkanes of at least 4 members (excludes halogenated alkanes) is 4. The molecule has 164 valence electrons. The molecule has 1 aromatic rings. The van der Waals surface area contributed by atoms with Crippen LogP contribution in [0.1, 0.15) is 97.5 Å². The Balaban J connectivity index is 2.76. The Labute approximate surface area is 177 Å². The second-order valence-electron chi connectivity index (χ2n) is 8.03. The van der Waals surface area contributed by atoms with Gasteiger partial charge in [-0.25, -0.2) is 0 Å². The first-order valence-electron chi connectivity index (χ1n) is 11.5. The van der Waals surface area contributed by atoms with Gasteiger partial charge < -0.3 is 9.47 Å². The third-order valence-corrected chi connectivity index (χ3v) is 5.43. The fourth-order valence-corrected chi connectivity index (χ4v) is 3.49. The summed E-state index contributed by atoms with van der Waals surface area (Å²) in [4.78, 5) is 25.1. The molecule has 0 bridgehead atoms. The zero-order valence-corrected chi connectivity index (χ0v) is 19.1. The van der Waals surface area contributed by atoms with Crippen LogP contribution in [0.5, 0.6) is 11.5 Å². The van der Waals surface area contributed by atoms with E-state index in [1.54, 1.807) is 6.07 Å². The molecule has 0 saturated heterocycles. The predicted octanol–water partition coefficient (Wildman–Crippen LogP) is 7.02. The van der Waals surface area contributed by atoms with E-state index in [9.17, 15) is 9.59 Å². The fourth-order valence-electron chi connectivity index (χ4n) is 3.49. The second kappa shape index (κ2) is 14.2. The molecule has 0 aliphatic heterocycles. The molecule has 0 aromatic heterocycles. The topological polar surface area (TPSA) is 52.6 Å². The van der Waals surface area contributed by atoms with Gasteiger partial charge in [-0.1, -0.05) is 66.2 Å². The van der Waals surface area contributed by atoms with Crippen molar-refractivity contribution in [3.63, 3.8) is 0 Å². The summed E-state index contributed by atoms with van der Waals surface area (Å²) in [6, 6.07) is 5.28. The van der Waals surface area contributed by atoms with Crippen molar-refractivity contribution in [1.82, 2.24) is 0 Å². The Bertz CT molecular complexity index is 573. The molecule has 0 aliphatic carbocycles. The van der Waals surface area contributed by atoms with Gasteiger partial charge in [-0.05, 0) is 50.3 Å². The molecule has 0 heterocycles. The zero-order chi connectivity index (χ0) is 21.6. The number of benzene rings is 1. The first-order valence-corrected chi connectivity index (χ1v) is 11.5. The predicted molar refractivity (Wildman–Crippen MR) is 118 cm³/mol. The molecule has 29 heavy (non-hydrogen) atoms. The van der Waals surface area contributed by atoms with Crippen LogP contribution in [0.15, 0.2) is 18.2 Å². The Hall–Kier alpha value is -1.84. The van der Waals surface area contributed by atoms with Gasteiger partial charge in [0.15, 0.2) is 0 Å². The Morgan fingerprint density at radius 3 is 1.48 bits per heavy atom. The van der Waals surface area contributed by atoms with E-state index >= 15 is 0 Å². The van der Waals surface area contributed by atoms with E-state index in [1.807, 2.05) is 32.9 Å².